The number of phenols is 1. The molecule has 2 rings (SSSR count). The van der Waals surface area contributed by atoms with Crippen LogP contribution in [0.1, 0.15) is 20.7 Å². The number of carbonyl (C=O) groups is 2. The summed E-state index contributed by atoms with van der Waals surface area (Å²) in [6, 6.07) is 0. The number of halogens is 8. The fraction of sp³-hybridized carbons (Fsp3) is 0. The number of carboxylic acid groups (broad SMARTS) is 1. The summed E-state index contributed by atoms with van der Waals surface area (Å²) in [6.45, 7) is 0. The second-order valence-corrected chi connectivity index (χ2v) is 4.63. The molecular formula is C14H2F8O5. The molecule has 0 atom stereocenters. The van der Waals surface area contributed by atoms with Crippen molar-refractivity contribution in [2.75, 3.05) is 0 Å². The van der Waals surface area contributed by atoms with Crippen molar-refractivity contribution >= 4 is 11.9 Å². The molecule has 2 aromatic rings. The average Bonchev–Trinajstić information content (AvgIpc) is 2.60. The Morgan fingerprint density at radius 1 is 0.630 bits per heavy atom. The van der Waals surface area contributed by atoms with Crippen molar-refractivity contribution in [2.24, 2.45) is 0 Å². The van der Waals surface area contributed by atoms with Gasteiger partial charge in [-0.25, -0.2) is 35.9 Å². The Balaban J connectivity index is 2.67. The van der Waals surface area contributed by atoms with E-state index in [4.69, 9.17) is 5.11 Å². The highest BCUT2D eigenvalue weighted by molar-refractivity contribution is 5.95. The minimum Gasteiger partial charge on any atom is -0.504 e. The lowest BCUT2D eigenvalue weighted by Gasteiger charge is -2.12. The maximum absolute atomic E-state index is 13.9. The molecule has 0 spiro atoms. The van der Waals surface area contributed by atoms with E-state index >= 15 is 0 Å². The summed E-state index contributed by atoms with van der Waals surface area (Å²) in [5.74, 6) is -29.7. The lowest BCUT2D eigenvalue weighted by Crippen LogP contribution is -2.18. The summed E-state index contributed by atoms with van der Waals surface area (Å²) < 4.78 is 111. The van der Waals surface area contributed by atoms with Crippen LogP contribution in [0.2, 0.25) is 0 Å². The Morgan fingerprint density at radius 3 is 1.59 bits per heavy atom. The van der Waals surface area contributed by atoms with Crippen molar-refractivity contribution in [3.8, 4) is 11.5 Å². The van der Waals surface area contributed by atoms with E-state index in [1.54, 1.807) is 0 Å². The van der Waals surface area contributed by atoms with Crippen molar-refractivity contribution < 1.29 is 59.7 Å². The van der Waals surface area contributed by atoms with Gasteiger partial charge >= 0.3 is 11.9 Å². The van der Waals surface area contributed by atoms with Gasteiger partial charge in [0.2, 0.25) is 23.2 Å². The number of aromatic carboxylic acids is 1. The highest BCUT2D eigenvalue weighted by Gasteiger charge is 2.35. The van der Waals surface area contributed by atoms with Gasteiger partial charge in [0.15, 0.2) is 34.8 Å². The smallest absolute Gasteiger partial charge is 0.350 e. The number of carbonyl (C=O) groups excluding carboxylic acids is 1. The molecule has 0 heterocycles. The van der Waals surface area contributed by atoms with E-state index in [1.807, 2.05) is 0 Å². The molecule has 13 heteroatoms. The number of hydrogen-bond donors (Lipinski definition) is 2. The molecule has 2 aromatic carbocycles. The fourth-order valence-electron chi connectivity index (χ4n) is 1.84. The van der Waals surface area contributed by atoms with Gasteiger partial charge in [-0.15, -0.1) is 0 Å². The molecule has 0 radical (unpaired) electrons. The summed E-state index contributed by atoms with van der Waals surface area (Å²) in [7, 11) is 0. The summed E-state index contributed by atoms with van der Waals surface area (Å²) >= 11 is 0. The highest BCUT2D eigenvalue weighted by Crippen LogP contribution is 2.34. The van der Waals surface area contributed by atoms with Gasteiger partial charge in [-0.05, 0) is 0 Å². The summed E-state index contributed by atoms with van der Waals surface area (Å²) in [4.78, 5) is 22.4. The predicted molar refractivity (Wildman–Crippen MR) is 66.1 cm³/mol. The lowest BCUT2D eigenvalue weighted by molar-refractivity contribution is 0.0662. The van der Waals surface area contributed by atoms with Crippen LogP contribution in [-0.2, 0) is 0 Å². The summed E-state index contributed by atoms with van der Waals surface area (Å²) in [6.07, 6.45) is 0. The molecule has 0 saturated heterocycles. The van der Waals surface area contributed by atoms with Crippen molar-refractivity contribution in [2.45, 2.75) is 0 Å². The molecule has 27 heavy (non-hydrogen) atoms. The van der Waals surface area contributed by atoms with Crippen LogP contribution in [0.5, 0.6) is 11.5 Å². The van der Waals surface area contributed by atoms with E-state index in [0.717, 1.165) is 0 Å². The van der Waals surface area contributed by atoms with Gasteiger partial charge in [0.1, 0.15) is 11.1 Å². The normalized spacial score (nSPS) is 10.8. The predicted octanol–water partition coefficient (Wildman–Crippen LogP) is 3.42. The largest absolute Gasteiger partial charge is 0.504 e. The quantitative estimate of drug-likeness (QED) is 0.270. The van der Waals surface area contributed by atoms with Gasteiger partial charge in [0.05, 0.1) is 0 Å². The maximum Gasteiger partial charge on any atom is 0.350 e. The number of carboxylic acids is 1. The number of rotatable bonds is 3. The van der Waals surface area contributed by atoms with E-state index in [0.29, 0.717) is 0 Å². The number of aromatic hydroxyl groups is 1. The molecule has 0 aliphatic rings. The SMILES string of the molecule is O=C(Oc1c(F)c(F)c(F)c(C(=O)O)c1F)c1c(O)c(F)c(F)c(F)c1F. The monoisotopic (exact) mass is 402 g/mol. The van der Waals surface area contributed by atoms with E-state index in [-0.39, 0.29) is 0 Å². The Bertz CT molecular complexity index is 975. The molecule has 0 bridgehead atoms. The van der Waals surface area contributed by atoms with Gasteiger partial charge in [-0.1, -0.05) is 0 Å². The van der Waals surface area contributed by atoms with E-state index < -0.39 is 81.1 Å². The number of esters is 1. The Morgan fingerprint density at radius 2 is 1.07 bits per heavy atom. The molecule has 0 amide bonds. The first-order chi connectivity index (χ1) is 12.4. The van der Waals surface area contributed by atoms with Crippen molar-refractivity contribution in [1.29, 1.82) is 0 Å². The van der Waals surface area contributed by atoms with E-state index in [2.05, 4.69) is 4.74 Å². The number of ether oxygens (including phenoxy) is 1. The van der Waals surface area contributed by atoms with E-state index in [9.17, 15) is 49.8 Å². The summed E-state index contributed by atoms with van der Waals surface area (Å²) in [5.41, 5.74) is -4.20. The number of hydrogen-bond acceptors (Lipinski definition) is 4. The third-order valence-electron chi connectivity index (χ3n) is 3.08. The zero-order chi connectivity index (χ0) is 20.8. The number of benzene rings is 2. The van der Waals surface area contributed by atoms with Crippen molar-refractivity contribution in [3.05, 3.63) is 57.7 Å². The van der Waals surface area contributed by atoms with Crippen LogP contribution in [0.15, 0.2) is 0 Å². The second-order valence-electron chi connectivity index (χ2n) is 4.63. The minimum absolute atomic E-state index is 2.09. The molecule has 0 aliphatic heterocycles. The molecule has 0 aliphatic carbocycles. The Hall–Kier alpha value is -3.38. The Labute approximate surface area is 142 Å². The fourth-order valence-corrected chi connectivity index (χ4v) is 1.84. The highest BCUT2D eigenvalue weighted by atomic mass is 19.2. The van der Waals surface area contributed by atoms with Crippen LogP contribution >= 0.6 is 0 Å². The zero-order valence-corrected chi connectivity index (χ0v) is 12.1. The first-order valence-corrected chi connectivity index (χ1v) is 6.28. The van der Waals surface area contributed by atoms with Gasteiger partial charge in [0, 0.05) is 0 Å². The first kappa shape index (κ1) is 19.9. The molecule has 0 fully saturated rings. The molecule has 144 valence electrons. The average molecular weight is 402 g/mol. The molecule has 0 unspecified atom stereocenters. The van der Waals surface area contributed by atoms with E-state index in [1.165, 1.54) is 0 Å². The Kier molecular flexibility index (Phi) is 4.97. The van der Waals surface area contributed by atoms with Gasteiger partial charge < -0.3 is 14.9 Å². The molecule has 0 saturated carbocycles. The maximum atomic E-state index is 13.9. The third-order valence-corrected chi connectivity index (χ3v) is 3.08. The van der Waals surface area contributed by atoms with Crippen molar-refractivity contribution in [3.63, 3.8) is 0 Å². The topological polar surface area (TPSA) is 83.8 Å². The molecule has 5 nitrogen and oxygen atoms in total. The third kappa shape index (κ3) is 3.00. The van der Waals surface area contributed by atoms with Crippen LogP contribution in [0.25, 0.3) is 0 Å². The van der Waals surface area contributed by atoms with Crippen LogP contribution < -0.4 is 4.74 Å². The lowest BCUT2D eigenvalue weighted by atomic mass is 10.1. The van der Waals surface area contributed by atoms with Gasteiger partial charge in [-0.3, -0.25) is 0 Å². The molecular weight excluding hydrogens is 400 g/mol. The van der Waals surface area contributed by atoms with Gasteiger partial charge in [-0.2, -0.15) is 8.78 Å². The van der Waals surface area contributed by atoms with Crippen LogP contribution in [-0.4, -0.2) is 22.2 Å². The number of phenolic OH excluding ortho intramolecular Hbond substituents is 1. The standard InChI is InChI=1S/C14H2F8O5/c15-3-1(13(24)25)5(17)12(10(22)7(3)19)27-14(26)2-4(16)6(18)8(20)9(21)11(2)23/h23H,(H,24,25). The molecule has 2 N–H and O–H groups in total. The van der Waals surface area contributed by atoms with Crippen LogP contribution in [0.3, 0.4) is 0 Å². The first-order valence-electron chi connectivity index (χ1n) is 6.28. The van der Waals surface area contributed by atoms with Gasteiger partial charge in [0.25, 0.3) is 0 Å². The van der Waals surface area contributed by atoms with Crippen LogP contribution in [0, 0.1) is 46.5 Å². The second kappa shape index (κ2) is 6.74. The van der Waals surface area contributed by atoms with Crippen LogP contribution in [0.4, 0.5) is 35.1 Å². The van der Waals surface area contributed by atoms with Crippen molar-refractivity contribution in [1.82, 2.24) is 0 Å². The summed E-state index contributed by atoms with van der Waals surface area (Å²) in [5, 5.41) is 17.8. The molecule has 0 aromatic heterocycles. The minimum atomic E-state index is -2.62. The zero-order valence-electron chi connectivity index (χ0n) is 12.1.